The zero-order valence-corrected chi connectivity index (χ0v) is 12.7. The molecule has 0 saturated carbocycles. The molecule has 0 spiro atoms. The minimum atomic E-state index is -0.925. The maximum absolute atomic E-state index is 11.1. The normalized spacial score (nSPS) is 13.3. The van der Waals surface area contributed by atoms with E-state index >= 15 is 0 Å². The van der Waals surface area contributed by atoms with Crippen LogP contribution in [0.5, 0.6) is 11.6 Å². The average Bonchev–Trinajstić information content (AvgIpc) is 2.59. The molecule has 120 valence electrons. The van der Waals surface area contributed by atoms with E-state index in [0.717, 1.165) is 17.0 Å². The van der Waals surface area contributed by atoms with E-state index in [1.807, 2.05) is 18.2 Å². The zero-order valence-electron chi connectivity index (χ0n) is 12.7. The molecular weight excluding hydrogens is 298 g/mol. The van der Waals surface area contributed by atoms with Crippen LogP contribution in [0.2, 0.25) is 0 Å². The molecule has 7 heteroatoms. The number of carboxylic acid groups (broad SMARTS) is 1. The molecule has 3 heterocycles. The van der Waals surface area contributed by atoms with Crippen molar-refractivity contribution in [3.63, 3.8) is 0 Å². The Labute approximate surface area is 133 Å². The van der Waals surface area contributed by atoms with Gasteiger partial charge in [0.2, 0.25) is 5.88 Å². The fraction of sp³-hybridized carbons (Fsp3) is 0.312. The van der Waals surface area contributed by atoms with E-state index in [2.05, 4.69) is 9.97 Å². The van der Waals surface area contributed by atoms with Crippen molar-refractivity contribution >= 4 is 6.09 Å². The lowest BCUT2D eigenvalue weighted by molar-refractivity contribution is 0.138. The minimum absolute atomic E-state index is 0.290. The number of ether oxygens (including phenoxy) is 2. The van der Waals surface area contributed by atoms with Crippen molar-refractivity contribution in [3.05, 3.63) is 47.4 Å². The highest BCUT2D eigenvalue weighted by Crippen LogP contribution is 2.21. The van der Waals surface area contributed by atoms with Gasteiger partial charge in [-0.2, -0.15) is 0 Å². The van der Waals surface area contributed by atoms with E-state index in [1.54, 1.807) is 19.4 Å². The van der Waals surface area contributed by atoms with E-state index in [9.17, 15) is 4.79 Å². The summed E-state index contributed by atoms with van der Waals surface area (Å²) in [7, 11) is 1.59. The van der Waals surface area contributed by atoms with Gasteiger partial charge in [-0.1, -0.05) is 6.07 Å². The molecular formula is C16H17N3O4. The Morgan fingerprint density at radius 3 is 2.91 bits per heavy atom. The van der Waals surface area contributed by atoms with Crippen LogP contribution in [0.4, 0.5) is 4.79 Å². The topological polar surface area (TPSA) is 84.8 Å². The molecule has 0 saturated heterocycles. The number of methoxy groups -OCH3 is 1. The molecule has 3 rings (SSSR count). The van der Waals surface area contributed by atoms with Crippen LogP contribution in [0.3, 0.4) is 0 Å². The SMILES string of the molecule is COc1ccc(COc2ccc3c(n2)CN(C(=O)O)CC3)nc1. The number of nitrogens with zero attached hydrogens (tertiary/aromatic N) is 3. The number of pyridine rings is 2. The Morgan fingerprint density at radius 2 is 2.22 bits per heavy atom. The molecule has 1 N–H and O–H groups in total. The Hall–Kier alpha value is -2.83. The lowest BCUT2D eigenvalue weighted by Crippen LogP contribution is -2.35. The smallest absolute Gasteiger partial charge is 0.407 e. The lowest BCUT2D eigenvalue weighted by Gasteiger charge is -2.25. The minimum Gasteiger partial charge on any atom is -0.495 e. The number of hydrogen-bond acceptors (Lipinski definition) is 5. The van der Waals surface area contributed by atoms with Crippen LogP contribution in [0.15, 0.2) is 30.5 Å². The molecule has 1 aliphatic rings. The van der Waals surface area contributed by atoms with Crippen LogP contribution in [-0.4, -0.2) is 39.7 Å². The van der Waals surface area contributed by atoms with Gasteiger partial charge in [-0.15, -0.1) is 0 Å². The number of amides is 1. The molecule has 0 fully saturated rings. The third-order valence-corrected chi connectivity index (χ3v) is 3.71. The van der Waals surface area contributed by atoms with Gasteiger partial charge in [-0.25, -0.2) is 9.78 Å². The van der Waals surface area contributed by atoms with Crippen molar-refractivity contribution in [1.82, 2.24) is 14.9 Å². The summed E-state index contributed by atoms with van der Waals surface area (Å²) in [5, 5.41) is 9.08. The first-order chi connectivity index (χ1) is 11.2. The molecule has 1 amide bonds. The Morgan fingerprint density at radius 1 is 1.35 bits per heavy atom. The van der Waals surface area contributed by atoms with Crippen LogP contribution < -0.4 is 9.47 Å². The van der Waals surface area contributed by atoms with Crippen molar-refractivity contribution in [3.8, 4) is 11.6 Å². The first-order valence-electron chi connectivity index (χ1n) is 7.24. The summed E-state index contributed by atoms with van der Waals surface area (Å²) in [4.78, 5) is 21.1. The maximum atomic E-state index is 11.1. The first kappa shape index (κ1) is 15.1. The second kappa shape index (κ2) is 6.51. The zero-order chi connectivity index (χ0) is 16.2. The molecule has 0 aromatic carbocycles. The fourth-order valence-corrected chi connectivity index (χ4v) is 2.40. The highest BCUT2D eigenvalue weighted by molar-refractivity contribution is 5.65. The second-order valence-corrected chi connectivity index (χ2v) is 5.19. The number of aromatic nitrogens is 2. The van der Waals surface area contributed by atoms with Crippen LogP contribution in [0.25, 0.3) is 0 Å². The van der Waals surface area contributed by atoms with Crippen LogP contribution in [0, 0.1) is 0 Å². The molecule has 7 nitrogen and oxygen atoms in total. The third kappa shape index (κ3) is 3.50. The Kier molecular flexibility index (Phi) is 4.27. The van der Waals surface area contributed by atoms with Crippen molar-refractivity contribution in [2.75, 3.05) is 13.7 Å². The van der Waals surface area contributed by atoms with Crippen LogP contribution >= 0.6 is 0 Å². The van der Waals surface area contributed by atoms with Crippen molar-refractivity contribution in [1.29, 1.82) is 0 Å². The first-order valence-corrected chi connectivity index (χ1v) is 7.24. The van der Waals surface area contributed by atoms with Crippen molar-refractivity contribution < 1.29 is 19.4 Å². The Balaban J connectivity index is 1.67. The standard InChI is InChI=1S/C16H17N3O4/c1-22-13-4-3-12(17-8-13)10-23-15-5-2-11-6-7-19(16(20)21)9-14(11)18-15/h2-5,8H,6-7,9-10H2,1H3,(H,20,21). The van der Waals surface area contributed by atoms with E-state index in [4.69, 9.17) is 14.6 Å². The van der Waals surface area contributed by atoms with Crippen molar-refractivity contribution in [2.45, 2.75) is 19.6 Å². The van der Waals surface area contributed by atoms with Gasteiger partial charge in [-0.3, -0.25) is 4.98 Å². The molecule has 0 unspecified atom stereocenters. The van der Waals surface area contributed by atoms with Gasteiger partial charge < -0.3 is 19.5 Å². The predicted molar refractivity (Wildman–Crippen MR) is 81.5 cm³/mol. The van der Waals surface area contributed by atoms with Crippen LogP contribution in [-0.2, 0) is 19.6 Å². The lowest BCUT2D eigenvalue weighted by atomic mass is 10.1. The summed E-state index contributed by atoms with van der Waals surface area (Å²) in [6, 6.07) is 7.39. The predicted octanol–water partition coefficient (Wildman–Crippen LogP) is 2.10. The largest absolute Gasteiger partial charge is 0.495 e. The van der Waals surface area contributed by atoms with E-state index in [-0.39, 0.29) is 0 Å². The summed E-state index contributed by atoms with van der Waals surface area (Å²) in [6.07, 6.45) is 1.38. The molecule has 2 aromatic heterocycles. The number of fused-ring (bicyclic) bond motifs is 1. The molecule has 0 bridgehead atoms. The van der Waals surface area contributed by atoms with E-state index < -0.39 is 6.09 Å². The second-order valence-electron chi connectivity index (χ2n) is 5.19. The third-order valence-electron chi connectivity index (χ3n) is 3.71. The van der Waals surface area contributed by atoms with Gasteiger partial charge in [0, 0.05) is 12.6 Å². The summed E-state index contributed by atoms with van der Waals surface area (Å²) in [5.74, 6) is 1.16. The van der Waals surface area contributed by atoms with Crippen molar-refractivity contribution in [2.24, 2.45) is 0 Å². The van der Waals surface area contributed by atoms with Gasteiger partial charge in [0.05, 0.1) is 31.2 Å². The quantitative estimate of drug-likeness (QED) is 0.930. The maximum Gasteiger partial charge on any atom is 0.407 e. The molecule has 1 aliphatic heterocycles. The van der Waals surface area contributed by atoms with Gasteiger partial charge in [0.15, 0.2) is 0 Å². The van der Waals surface area contributed by atoms with E-state index in [1.165, 1.54) is 4.90 Å². The summed E-state index contributed by atoms with van der Waals surface area (Å²) in [5.41, 5.74) is 2.58. The molecule has 0 atom stereocenters. The molecule has 2 aromatic rings. The fourth-order valence-electron chi connectivity index (χ4n) is 2.40. The summed E-state index contributed by atoms with van der Waals surface area (Å²) < 4.78 is 10.7. The average molecular weight is 315 g/mol. The molecule has 0 aliphatic carbocycles. The Bertz CT molecular complexity index is 703. The van der Waals surface area contributed by atoms with Gasteiger partial charge >= 0.3 is 6.09 Å². The van der Waals surface area contributed by atoms with Crippen LogP contribution in [0.1, 0.15) is 17.0 Å². The number of carbonyl (C=O) groups is 1. The highest BCUT2D eigenvalue weighted by Gasteiger charge is 2.21. The highest BCUT2D eigenvalue weighted by atomic mass is 16.5. The van der Waals surface area contributed by atoms with Gasteiger partial charge in [-0.05, 0) is 24.1 Å². The monoisotopic (exact) mass is 315 g/mol. The summed E-state index contributed by atoms with van der Waals surface area (Å²) in [6.45, 7) is 1.08. The molecule has 23 heavy (non-hydrogen) atoms. The number of rotatable bonds is 4. The van der Waals surface area contributed by atoms with Gasteiger partial charge in [0.1, 0.15) is 12.4 Å². The summed E-state index contributed by atoms with van der Waals surface area (Å²) >= 11 is 0. The van der Waals surface area contributed by atoms with Gasteiger partial charge in [0.25, 0.3) is 0 Å². The number of hydrogen-bond donors (Lipinski definition) is 1. The van der Waals surface area contributed by atoms with E-state index in [0.29, 0.717) is 37.7 Å². The molecule has 0 radical (unpaired) electrons.